The molecular weight excluding hydrogens is 336 g/mol. The highest BCUT2D eigenvalue weighted by atomic mass is 28.4. The molecule has 0 aliphatic heterocycles. The average molecular weight is 385 g/mol. The Morgan fingerprint density at radius 3 is 1.19 bits per heavy atom. The summed E-state index contributed by atoms with van der Waals surface area (Å²) in [6, 6.07) is 1.13. The van der Waals surface area contributed by atoms with Gasteiger partial charge in [-0.3, -0.25) is 0 Å². The van der Waals surface area contributed by atoms with Gasteiger partial charge in [-0.1, -0.05) is 102 Å². The van der Waals surface area contributed by atoms with Gasteiger partial charge in [0.1, 0.15) is 0 Å². The topological polar surface area (TPSA) is 18.5 Å². The zero-order valence-electron chi connectivity index (χ0n) is 18.3. The third-order valence-electron chi connectivity index (χ3n) is 5.65. The van der Waals surface area contributed by atoms with Crippen LogP contribution < -0.4 is 0 Å². The Hall–Kier alpha value is -0.123. The average Bonchev–Trinajstić information content (AvgIpc) is 2.66. The van der Waals surface area contributed by atoms with E-state index >= 15 is 0 Å². The molecule has 0 rings (SSSR count). The minimum Gasteiger partial charge on any atom is -0.398 e. The van der Waals surface area contributed by atoms with E-state index in [9.17, 15) is 0 Å². The van der Waals surface area contributed by atoms with Crippen molar-refractivity contribution < 1.29 is 8.85 Å². The number of allylic oxidation sites excluding steroid dienone is 1. The first kappa shape index (κ1) is 25.9. The van der Waals surface area contributed by atoms with E-state index in [4.69, 9.17) is 8.85 Å². The molecule has 0 saturated heterocycles. The lowest BCUT2D eigenvalue weighted by Gasteiger charge is -2.22. The Morgan fingerprint density at radius 2 is 0.885 bits per heavy atom. The summed E-state index contributed by atoms with van der Waals surface area (Å²) in [5, 5.41) is 0. The molecular formula is C23H48O2Si. The fourth-order valence-electron chi connectivity index (χ4n) is 3.50. The minimum absolute atomic E-state index is 1.13. The third kappa shape index (κ3) is 17.3. The summed E-state index contributed by atoms with van der Waals surface area (Å²) >= 11 is 0. The molecule has 0 spiro atoms. The van der Waals surface area contributed by atoms with Gasteiger partial charge in [0.25, 0.3) is 0 Å². The summed E-state index contributed by atoms with van der Waals surface area (Å²) in [5.74, 6) is 0. The molecule has 0 aliphatic rings. The van der Waals surface area contributed by atoms with Gasteiger partial charge < -0.3 is 8.85 Å². The van der Waals surface area contributed by atoms with Crippen molar-refractivity contribution in [2.75, 3.05) is 14.2 Å². The molecule has 0 bridgehead atoms. The molecule has 0 amide bonds. The summed E-state index contributed by atoms with van der Waals surface area (Å²) in [7, 11) is 1.77. The first-order valence-corrected chi connectivity index (χ1v) is 13.9. The van der Waals surface area contributed by atoms with Crippen LogP contribution in [0.3, 0.4) is 0 Å². The van der Waals surface area contributed by atoms with E-state index in [1.165, 1.54) is 109 Å². The summed E-state index contributed by atoms with van der Waals surface area (Å²) < 4.78 is 11.1. The Kier molecular flexibility index (Phi) is 19.5. The van der Waals surface area contributed by atoms with Gasteiger partial charge in [0, 0.05) is 14.2 Å². The lowest BCUT2D eigenvalue weighted by atomic mass is 10.0. The van der Waals surface area contributed by atoms with Crippen LogP contribution in [0.25, 0.3) is 0 Å². The maximum absolute atomic E-state index is 5.53. The van der Waals surface area contributed by atoms with Crippen LogP contribution in [-0.4, -0.2) is 22.8 Å². The molecule has 0 aromatic carbocycles. The lowest BCUT2D eigenvalue weighted by Crippen LogP contribution is -2.35. The molecule has 0 atom stereocenters. The molecule has 156 valence electrons. The van der Waals surface area contributed by atoms with Gasteiger partial charge in [0.05, 0.1) is 0 Å². The van der Waals surface area contributed by atoms with Crippen LogP contribution in [0, 0.1) is 0 Å². The van der Waals surface area contributed by atoms with Crippen LogP contribution in [-0.2, 0) is 8.85 Å². The highest BCUT2D eigenvalue weighted by molar-refractivity contribution is 6.65. The molecule has 0 aromatic rings. The zero-order chi connectivity index (χ0) is 19.3. The third-order valence-corrected chi connectivity index (χ3v) is 8.64. The predicted octanol–water partition coefficient (Wildman–Crippen LogP) is 8.17. The SMILES string of the molecule is C=CCCCCCCCCCCCCCCCCCC[Si](C)(OC)OC. The maximum Gasteiger partial charge on any atom is 0.334 e. The molecule has 0 N–H and O–H groups in total. The van der Waals surface area contributed by atoms with Crippen molar-refractivity contribution in [2.24, 2.45) is 0 Å². The van der Waals surface area contributed by atoms with E-state index in [1.54, 1.807) is 14.2 Å². The van der Waals surface area contributed by atoms with Crippen LogP contribution in [0.5, 0.6) is 0 Å². The first-order valence-electron chi connectivity index (χ1n) is 11.4. The van der Waals surface area contributed by atoms with Gasteiger partial charge >= 0.3 is 8.56 Å². The van der Waals surface area contributed by atoms with E-state index in [-0.39, 0.29) is 0 Å². The molecule has 0 radical (unpaired) electrons. The first-order chi connectivity index (χ1) is 12.7. The number of hydrogen-bond donors (Lipinski definition) is 0. The van der Waals surface area contributed by atoms with Crippen LogP contribution in [0.1, 0.15) is 109 Å². The van der Waals surface area contributed by atoms with Crippen molar-refractivity contribution in [1.29, 1.82) is 0 Å². The normalized spacial score (nSPS) is 11.8. The Bertz CT molecular complexity index is 290. The van der Waals surface area contributed by atoms with Crippen LogP contribution in [0.2, 0.25) is 12.6 Å². The summed E-state index contributed by atoms with van der Waals surface area (Å²) in [6.45, 7) is 5.94. The van der Waals surface area contributed by atoms with E-state index in [0.29, 0.717) is 0 Å². The van der Waals surface area contributed by atoms with Crippen molar-refractivity contribution >= 4 is 8.56 Å². The smallest absolute Gasteiger partial charge is 0.334 e. The van der Waals surface area contributed by atoms with Gasteiger partial charge in [-0.25, -0.2) is 0 Å². The summed E-state index contributed by atoms with van der Waals surface area (Å²) in [6.07, 6.45) is 25.8. The van der Waals surface area contributed by atoms with Crippen molar-refractivity contribution in [2.45, 2.75) is 122 Å². The number of rotatable bonds is 21. The molecule has 0 saturated carbocycles. The molecule has 0 fully saturated rings. The van der Waals surface area contributed by atoms with E-state index in [2.05, 4.69) is 13.1 Å². The quantitative estimate of drug-likeness (QED) is 0.113. The Morgan fingerprint density at radius 1 is 0.577 bits per heavy atom. The standard InChI is InChI=1S/C23H48O2Si/c1-5-6-7-8-9-10-11-12-13-14-15-16-17-18-19-20-21-22-23-26(4,24-2)25-3/h5H,1,6-23H2,2-4H3. The molecule has 26 heavy (non-hydrogen) atoms. The van der Waals surface area contributed by atoms with Gasteiger partial charge in [0.2, 0.25) is 0 Å². The van der Waals surface area contributed by atoms with Gasteiger partial charge in [0.15, 0.2) is 0 Å². The molecule has 3 heteroatoms. The molecule has 0 aromatic heterocycles. The van der Waals surface area contributed by atoms with Crippen LogP contribution in [0.15, 0.2) is 12.7 Å². The van der Waals surface area contributed by atoms with Crippen molar-refractivity contribution in [1.82, 2.24) is 0 Å². The van der Waals surface area contributed by atoms with Crippen molar-refractivity contribution in [3.8, 4) is 0 Å². The highest BCUT2D eigenvalue weighted by Crippen LogP contribution is 2.18. The second-order valence-corrected chi connectivity index (χ2v) is 11.6. The van der Waals surface area contributed by atoms with Gasteiger partial charge in [-0.05, 0) is 25.4 Å². The second kappa shape index (κ2) is 19.6. The van der Waals surface area contributed by atoms with Crippen molar-refractivity contribution in [3.05, 3.63) is 12.7 Å². The maximum atomic E-state index is 5.53. The lowest BCUT2D eigenvalue weighted by molar-refractivity contribution is 0.248. The van der Waals surface area contributed by atoms with Crippen LogP contribution >= 0.6 is 0 Å². The fourth-order valence-corrected chi connectivity index (χ4v) is 4.96. The minimum atomic E-state index is -1.81. The molecule has 2 nitrogen and oxygen atoms in total. The predicted molar refractivity (Wildman–Crippen MR) is 119 cm³/mol. The van der Waals surface area contributed by atoms with E-state index < -0.39 is 8.56 Å². The van der Waals surface area contributed by atoms with E-state index in [0.717, 1.165) is 6.04 Å². The summed E-state index contributed by atoms with van der Waals surface area (Å²) in [5.41, 5.74) is 0. The number of unbranched alkanes of at least 4 members (excludes halogenated alkanes) is 16. The Balaban J connectivity index is 3.12. The fraction of sp³-hybridized carbons (Fsp3) is 0.913. The number of hydrogen-bond acceptors (Lipinski definition) is 2. The Labute approximate surface area is 166 Å². The summed E-state index contributed by atoms with van der Waals surface area (Å²) in [4.78, 5) is 0. The monoisotopic (exact) mass is 384 g/mol. The molecule has 0 aliphatic carbocycles. The van der Waals surface area contributed by atoms with Gasteiger partial charge in [-0.2, -0.15) is 0 Å². The second-order valence-electron chi connectivity index (χ2n) is 8.03. The molecule has 0 heterocycles. The largest absolute Gasteiger partial charge is 0.398 e. The van der Waals surface area contributed by atoms with E-state index in [1.807, 2.05) is 6.08 Å². The van der Waals surface area contributed by atoms with Crippen molar-refractivity contribution in [3.63, 3.8) is 0 Å². The zero-order valence-corrected chi connectivity index (χ0v) is 19.3. The van der Waals surface area contributed by atoms with Gasteiger partial charge in [-0.15, -0.1) is 6.58 Å². The molecule has 0 unspecified atom stereocenters. The van der Waals surface area contributed by atoms with Crippen LogP contribution in [0.4, 0.5) is 0 Å². The highest BCUT2D eigenvalue weighted by Gasteiger charge is 2.27.